The number of carbonyl (C=O) groups is 2. The van der Waals surface area contributed by atoms with E-state index in [-0.39, 0.29) is 11.3 Å². The number of ether oxygens (including phenoxy) is 1. The third-order valence-corrected chi connectivity index (χ3v) is 5.99. The summed E-state index contributed by atoms with van der Waals surface area (Å²) in [6, 6.07) is 25.9. The number of Topliss-reactive ketones (excluding diaryl/α,β-unsaturated/α-hetero) is 1. The highest BCUT2D eigenvalue weighted by Gasteiger charge is 2.48. The lowest BCUT2D eigenvalue weighted by Gasteiger charge is -2.23. The third-order valence-electron chi connectivity index (χ3n) is 5.99. The molecule has 1 fully saturated rings. The van der Waals surface area contributed by atoms with E-state index in [1.54, 1.807) is 48.5 Å². The molecule has 0 aliphatic carbocycles. The molecule has 4 aromatic rings. The van der Waals surface area contributed by atoms with E-state index in [0.717, 1.165) is 12.0 Å². The summed E-state index contributed by atoms with van der Waals surface area (Å²) in [7, 11) is 0. The van der Waals surface area contributed by atoms with Gasteiger partial charge in [-0.2, -0.15) is 0 Å². The van der Waals surface area contributed by atoms with Crippen molar-refractivity contribution in [2.24, 2.45) is 0 Å². The number of anilines is 1. The van der Waals surface area contributed by atoms with Gasteiger partial charge in [0, 0.05) is 11.3 Å². The zero-order valence-electron chi connectivity index (χ0n) is 19.0. The fraction of sp³-hybridized carbons (Fsp3) is 0.103. The van der Waals surface area contributed by atoms with Crippen LogP contribution in [0.5, 0.6) is 11.5 Å². The van der Waals surface area contributed by atoms with Crippen LogP contribution < -0.4 is 9.64 Å². The highest BCUT2D eigenvalue weighted by molar-refractivity contribution is 6.51. The predicted octanol–water partition coefficient (Wildman–Crippen LogP) is 6.26. The molecule has 0 spiro atoms. The molecular weight excluding hydrogens is 442 g/mol. The molecule has 6 nitrogen and oxygen atoms in total. The molecule has 0 bridgehead atoms. The van der Waals surface area contributed by atoms with Gasteiger partial charge in [0.2, 0.25) is 0 Å². The number of aliphatic hydroxyl groups is 1. The summed E-state index contributed by atoms with van der Waals surface area (Å²) in [5.41, 5.74) is 2.03. The van der Waals surface area contributed by atoms with Gasteiger partial charge >= 0.3 is 0 Å². The lowest BCUT2D eigenvalue weighted by atomic mass is 9.98. The van der Waals surface area contributed by atoms with Crippen molar-refractivity contribution < 1.29 is 23.8 Å². The Morgan fingerprint density at radius 1 is 0.886 bits per heavy atom. The minimum absolute atomic E-state index is 0.0150. The van der Waals surface area contributed by atoms with Crippen LogP contribution in [0.15, 0.2) is 107 Å². The van der Waals surface area contributed by atoms with Gasteiger partial charge in [0.05, 0.1) is 11.8 Å². The van der Waals surface area contributed by atoms with E-state index in [0.29, 0.717) is 28.5 Å². The summed E-state index contributed by atoms with van der Waals surface area (Å²) in [6.45, 7) is 2.04. The summed E-state index contributed by atoms with van der Waals surface area (Å²) >= 11 is 0. The molecule has 1 saturated heterocycles. The van der Waals surface area contributed by atoms with Crippen LogP contribution in [0, 0.1) is 0 Å². The van der Waals surface area contributed by atoms with Crippen molar-refractivity contribution in [2.45, 2.75) is 19.4 Å². The molecule has 1 N–H and O–H groups in total. The molecule has 1 aliphatic heterocycles. The van der Waals surface area contributed by atoms with E-state index in [1.807, 2.05) is 49.4 Å². The quantitative estimate of drug-likeness (QED) is 0.207. The van der Waals surface area contributed by atoms with Crippen molar-refractivity contribution in [3.05, 3.63) is 120 Å². The van der Waals surface area contributed by atoms with E-state index >= 15 is 0 Å². The van der Waals surface area contributed by atoms with Crippen LogP contribution in [0.4, 0.5) is 5.69 Å². The SMILES string of the molecule is CCc1ccc(/C(O)=C2/C(=O)C(=O)N(c3ccc(Oc4ccccc4)cc3)C2c2ccco2)cc1. The van der Waals surface area contributed by atoms with Crippen LogP contribution in [0.25, 0.3) is 5.76 Å². The molecule has 35 heavy (non-hydrogen) atoms. The molecule has 1 amide bonds. The summed E-state index contributed by atoms with van der Waals surface area (Å²) in [4.78, 5) is 27.7. The van der Waals surface area contributed by atoms with E-state index in [4.69, 9.17) is 9.15 Å². The molecule has 2 heterocycles. The number of amides is 1. The van der Waals surface area contributed by atoms with Gasteiger partial charge < -0.3 is 14.3 Å². The smallest absolute Gasteiger partial charge is 0.300 e. The number of hydrogen-bond acceptors (Lipinski definition) is 5. The number of nitrogens with zero attached hydrogens (tertiary/aromatic N) is 1. The summed E-state index contributed by atoms with van der Waals surface area (Å²) in [5.74, 6) is -0.102. The van der Waals surface area contributed by atoms with Gasteiger partial charge in [-0.05, 0) is 60.5 Å². The molecule has 5 rings (SSSR count). The van der Waals surface area contributed by atoms with Gasteiger partial charge in [-0.25, -0.2) is 0 Å². The fourth-order valence-corrected chi connectivity index (χ4v) is 4.17. The first-order valence-corrected chi connectivity index (χ1v) is 11.3. The highest BCUT2D eigenvalue weighted by atomic mass is 16.5. The van der Waals surface area contributed by atoms with Crippen molar-refractivity contribution in [3.63, 3.8) is 0 Å². The summed E-state index contributed by atoms with van der Waals surface area (Å²) < 4.78 is 11.4. The number of ketones is 1. The summed E-state index contributed by atoms with van der Waals surface area (Å²) in [6.07, 6.45) is 2.32. The molecule has 3 aromatic carbocycles. The topological polar surface area (TPSA) is 80.0 Å². The monoisotopic (exact) mass is 465 g/mol. The van der Waals surface area contributed by atoms with Crippen LogP contribution in [0.3, 0.4) is 0 Å². The normalized spacial score (nSPS) is 17.1. The van der Waals surface area contributed by atoms with Crippen molar-refractivity contribution in [2.75, 3.05) is 4.90 Å². The molecule has 0 saturated carbocycles. The Morgan fingerprint density at radius 3 is 2.20 bits per heavy atom. The van der Waals surface area contributed by atoms with E-state index in [1.165, 1.54) is 11.2 Å². The lowest BCUT2D eigenvalue weighted by Crippen LogP contribution is -2.29. The number of carbonyl (C=O) groups excluding carboxylic acids is 2. The van der Waals surface area contributed by atoms with Crippen molar-refractivity contribution >= 4 is 23.1 Å². The number of aliphatic hydroxyl groups excluding tert-OH is 1. The standard InChI is InChI=1S/C29H23NO5/c1-2-19-10-12-20(13-11-19)27(31)25-26(24-9-6-18-34-24)30(29(33)28(25)32)21-14-16-23(17-15-21)35-22-7-4-3-5-8-22/h3-18,26,31H,2H2,1H3/b27-25-. The maximum atomic E-state index is 13.2. The predicted molar refractivity (Wildman–Crippen MR) is 132 cm³/mol. The lowest BCUT2D eigenvalue weighted by molar-refractivity contribution is -0.132. The Labute approximate surface area is 202 Å². The largest absolute Gasteiger partial charge is 0.507 e. The minimum atomic E-state index is -0.906. The average molecular weight is 466 g/mol. The van der Waals surface area contributed by atoms with Crippen LogP contribution in [-0.4, -0.2) is 16.8 Å². The zero-order valence-corrected chi connectivity index (χ0v) is 19.0. The Kier molecular flexibility index (Phi) is 5.94. The van der Waals surface area contributed by atoms with Gasteiger partial charge in [-0.3, -0.25) is 14.5 Å². The zero-order chi connectivity index (χ0) is 24.4. The number of para-hydroxylation sites is 1. The maximum absolute atomic E-state index is 13.2. The molecule has 1 atom stereocenters. The maximum Gasteiger partial charge on any atom is 0.300 e. The number of rotatable bonds is 6. The Morgan fingerprint density at radius 2 is 1.57 bits per heavy atom. The second-order valence-corrected chi connectivity index (χ2v) is 8.14. The Bertz CT molecular complexity index is 1370. The van der Waals surface area contributed by atoms with Gasteiger partial charge in [0.25, 0.3) is 11.7 Å². The van der Waals surface area contributed by atoms with Crippen molar-refractivity contribution in [3.8, 4) is 11.5 Å². The van der Waals surface area contributed by atoms with Gasteiger partial charge in [0.15, 0.2) is 0 Å². The second-order valence-electron chi connectivity index (χ2n) is 8.14. The van der Waals surface area contributed by atoms with Gasteiger partial charge in [-0.15, -0.1) is 0 Å². The minimum Gasteiger partial charge on any atom is -0.507 e. The third kappa shape index (κ3) is 4.22. The molecule has 6 heteroatoms. The van der Waals surface area contributed by atoms with Crippen LogP contribution in [0.2, 0.25) is 0 Å². The van der Waals surface area contributed by atoms with Gasteiger partial charge in [0.1, 0.15) is 29.1 Å². The van der Waals surface area contributed by atoms with Crippen molar-refractivity contribution in [1.82, 2.24) is 0 Å². The van der Waals surface area contributed by atoms with Gasteiger partial charge in [-0.1, -0.05) is 49.4 Å². The average Bonchev–Trinajstić information content (AvgIpc) is 3.52. The molecule has 174 valence electrons. The first kappa shape index (κ1) is 22.2. The molecule has 1 unspecified atom stereocenters. The van der Waals surface area contributed by atoms with Crippen LogP contribution in [0.1, 0.15) is 29.9 Å². The number of hydrogen-bond donors (Lipinski definition) is 1. The molecule has 1 aromatic heterocycles. The summed E-state index contributed by atoms with van der Waals surface area (Å²) in [5, 5.41) is 11.1. The number of furan rings is 1. The van der Waals surface area contributed by atoms with Crippen LogP contribution >= 0.6 is 0 Å². The highest BCUT2D eigenvalue weighted by Crippen LogP contribution is 2.42. The van der Waals surface area contributed by atoms with Crippen LogP contribution in [-0.2, 0) is 16.0 Å². The first-order chi connectivity index (χ1) is 17.1. The first-order valence-electron chi connectivity index (χ1n) is 11.3. The Balaban J connectivity index is 1.54. The number of aryl methyl sites for hydroxylation is 1. The molecular formula is C29H23NO5. The van der Waals surface area contributed by atoms with E-state index in [2.05, 4.69) is 0 Å². The number of benzene rings is 3. The second kappa shape index (κ2) is 9.35. The Hall–Kier alpha value is -4.58. The van der Waals surface area contributed by atoms with Crippen molar-refractivity contribution in [1.29, 1.82) is 0 Å². The van der Waals surface area contributed by atoms with E-state index in [9.17, 15) is 14.7 Å². The molecule has 0 radical (unpaired) electrons. The fourth-order valence-electron chi connectivity index (χ4n) is 4.17. The van der Waals surface area contributed by atoms with E-state index < -0.39 is 17.7 Å². The molecule has 1 aliphatic rings.